The quantitative estimate of drug-likeness (QED) is 0.619. The summed E-state index contributed by atoms with van der Waals surface area (Å²) < 4.78 is 16.2. The van der Waals surface area contributed by atoms with Gasteiger partial charge in [0.1, 0.15) is 0 Å². The summed E-state index contributed by atoms with van der Waals surface area (Å²) in [5, 5.41) is 0. The number of amides is 1. The van der Waals surface area contributed by atoms with Crippen molar-refractivity contribution in [3.63, 3.8) is 0 Å². The van der Waals surface area contributed by atoms with Crippen LogP contribution in [0, 0.1) is 5.92 Å². The molecule has 0 aromatic heterocycles. The molecule has 0 saturated heterocycles. The second-order valence-corrected chi connectivity index (χ2v) is 2.41. The second kappa shape index (κ2) is 3.90. The minimum atomic E-state index is -1.68. The van der Waals surface area contributed by atoms with Crippen LogP contribution in [-0.2, 0) is 9.53 Å². The first-order chi connectivity index (χ1) is 4.95. The highest BCUT2D eigenvalue weighted by atomic mass is 19.1. The number of hydrogen-bond acceptors (Lipinski definition) is 3. The smallest absolute Gasteiger partial charge is 0.405 e. The zero-order valence-electron chi connectivity index (χ0n) is 6.33. The van der Waals surface area contributed by atoms with Crippen molar-refractivity contribution in [1.29, 1.82) is 0 Å². The van der Waals surface area contributed by atoms with Crippen LogP contribution in [0.5, 0.6) is 0 Å². The molecule has 0 saturated carbocycles. The van der Waals surface area contributed by atoms with Gasteiger partial charge in [-0.25, -0.2) is 4.79 Å². The first-order valence-electron chi connectivity index (χ1n) is 3.10. The van der Waals surface area contributed by atoms with Crippen molar-refractivity contribution < 1.29 is 18.7 Å². The predicted octanol–water partition coefficient (Wildman–Crippen LogP) is 0.602. The van der Waals surface area contributed by atoms with Crippen LogP contribution in [0.25, 0.3) is 0 Å². The molecule has 4 nitrogen and oxygen atoms in total. The molecule has 0 aromatic carbocycles. The first kappa shape index (κ1) is 9.87. The Hall–Kier alpha value is -1.13. The molecule has 0 aliphatic carbocycles. The molecule has 0 fully saturated rings. The standard InChI is InChI=1S/C6H10FNO3/c1-3(2)4(5(7)9)11-6(8)10/h3-4H,1-2H3,(H2,8,10)/t4-/m0/s1. The number of ether oxygens (including phenoxy) is 1. The molecule has 1 amide bonds. The van der Waals surface area contributed by atoms with Crippen molar-refractivity contribution in [2.75, 3.05) is 0 Å². The molecule has 2 N–H and O–H groups in total. The van der Waals surface area contributed by atoms with Crippen LogP contribution >= 0.6 is 0 Å². The van der Waals surface area contributed by atoms with E-state index in [9.17, 15) is 14.0 Å². The minimum Gasteiger partial charge on any atom is -0.435 e. The van der Waals surface area contributed by atoms with Crippen LogP contribution in [0.15, 0.2) is 0 Å². The summed E-state index contributed by atoms with van der Waals surface area (Å²) in [6.45, 7) is 3.09. The first-order valence-corrected chi connectivity index (χ1v) is 3.10. The maximum atomic E-state index is 12.0. The monoisotopic (exact) mass is 163 g/mol. The summed E-state index contributed by atoms with van der Waals surface area (Å²) >= 11 is 0. The zero-order valence-corrected chi connectivity index (χ0v) is 6.33. The Morgan fingerprint density at radius 3 is 2.00 bits per heavy atom. The van der Waals surface area contributed by atoms with Gasteiger partial charge in [0, 0.05) is 5.92 Å². The third-order valence-electron chi connectivity index (χ3n) is 1.07. The Morgan fingerprint density at radius 2 is 1.91 bits per heavy atom. The van der Waals surface area contributed by atoms with E-state index in [2.05, 4.69) is 10.5 Å². The molecule has 0 spiro atoms. The molecular formula is C6H10FNO3. The number of nitrogens with two attached hydrogens (primary N) is 1. The van der Waals surface area contributed by atoms with Gasteiger partial charge in [-0.05, 0) is 0 Å². The number of hydrogen-bond donors (Lipinski definition) is 1. The maximum absolute atomic E-state index is 12.0. The molecule has 0 aliphatic rings. The van der Waals surface area contributed by atoms with Gasteiger partial charge in [0.15, 0.2) is 6.10 Å². The fourth-order valence-electron chi connectivity index (χ4n) is 0.570. The lowest BCUT2D eigenvalue weighted by Crippen LogP contribution is -2.32. The molecule has 1 atom stereocenters. The lowest BCUT2D eigenvalue weighted by Gasteiger charge is -2.13. The van der Waals surface area contributed by atoms with Gasteiger partial charge in [-0.1, -0.05) is 13.8 Å². The van der Waals surface area contributed by atoms with E-state index in [1.54, 1.807) is 13.8 Å². The van der Waals surface area contributed by atoms with Crippen molar-refractivity contribution >= 4 is 12.1 Å². The summed E-state index contributed by atoms with van der Waals surface area (Å²) in [6.07, 6.45) is -2.51. The van der Waals surface area contributed by atoms with Crippen LogP contribution in [0.2, 0.25) is 0 Å². The van der Waals surface area contributed by atoms with E-state index in [0.29, 0.717) is 0 Å². The molecule has 0 bridgehead atoms. The Morgan fingerprint density at radius 1 is 1.45 bits per heavy atom. The normalized spacial score (nSPS) is 12.7. The van der Waals surface area contributed by atoms with Crippen LogP contribution in [0.4, 0.5) is 9.18 Å². The van der Waals surface area contributed by atoms with E-state index in [4.69, 9.17) is 0 Å². The van der Waals surface area contributed by atoms with E-state index >= 15 is 0 Å². The summed E-state index contributed by atoms with van der Waals surface area (Å²) in [5.41, 5.74) is 4.59. The molecule has 0 radical (unpaired) electrons. The Kier molecular flexibility index (Phi) is 3.50. The largest absolute Gasteiger partial charge is 0.435 e. The van der Waals surface area contributed by atoms with Crippen molar-refractivity contribution in [1.82, 2.24) is 0 Å². The number of primary amides is 1. The fraction of sp³-hybridized carbons (Fsp3) is 0.667. The second-order valence-electron chi connectivity index (χ2n) is 2.41. The average Bonchev–Trinajstić information content (AvgIpc) is 1.81. The molecule has 0 rings (SSSR count). The van der Waals surface area contributed by atoms with Gasteiger partial charge in [-0.2, -0.15) is 4.39 Å². The highest BCUT2D eigenvalue weighted by Crippen LogP contribution is 2.07. The molecule has 0 heterocycles. The van der Waals surface area contributed by atoms with Gasteiger partial charge in [0.2, 0.25) is 0 Å². The molecule has 0 aromatic rings. The van der Waals surface area contributed by atoms with Crippen molar-refractivity contribution in [3.8, 4) is 0 Å². The van der Waals surface area contributed by atoms with Gasteiger partial charge in [0.05, 0.1) is 0 Å². The van der Waals surface area contributed by atoms with E-state index in [0.717, 1.165) is 0 Å². The van der Waals surface area contributed by atoms with E-state index in [1.165, 1.54) is 0 Å². The van der Waals surface area contributed by atoms with Gasteiger partial charge in [-0.15, -0.1) is 0 Å². The fourth-order valence-corrected chi connectivity index (χ4v) is 0.570. The summed E-state index contributed by atoms with van der Waals surface area (Å²) in [7, 11) is 0. The van der Waals surface area contributed by atoms with Gasteiger partial charge in [0.25, 0.3) is 0 Å². The Labute approximate surface area is 63.5 Å². The lowest BCUT2D eigenvalue weighted by atomic mass is 10.1. The summed E-state index contributed by atoms with van der Waals surface area (Å²) in [4.78, 5) is 20.2. The van der Waals surface area contributed by atoms with Crippen molar-refractivity contribution in [2.45, 2.75) is 20.0 Å². The highest BCUT2D eigenvalue weighted by Gasteiger charge is 2.25. The minimum absolute atomic E-state index is 0.403. The van der Waals surface area contributed by atoms with E-state index in [-0.39, 0.29) is 0 Å². The van der Waals surface area contributed by atoms with Crippen LogP contribution < -0.4 is 5.73 Å². The number of halogens is 1. The highest BCUT2D eigenvalue weighted by molar-refractivity contribution is 5.77. The molecule has 11 heavy (non-hydrogen) atoms. The van der Waals surface area contributed by atoms with Crippen LogP contribution in [-0.4, -0.2) is 18.2 Å². The topological polar surface area (TPSA) is 69.4 Å². The molecule has 64 valence electrons. The maximum Gasteiger partial charge on any atom is 0.405 e. The van der Waals surface area contributed by atoms with Gasteiger partial charge in [-0.3, -0.25) is 4.79 Å². The number of rotatable bonds is 3. The summed E-state index contributed by atoms with van der Waals surface area (Å²) in [5.74, 6) is -0.403. The predicted molar refractivity (Wildman–Crippen MR) is 35.4 cm³/mol. The lowest BCUT2D eigenvalue weighted by molar-refractivity contribution is -0.140. The number of carbonyl (C=O) groups excluding carboxylic acids is 2. The SMILES string of the molecule is CC(C)[C@H](OC(N)=O)C(=O)F. The van der Waals surface area contributed by atoms with Crippen molar-refractivity contribution in [3.05, 3.63) is 0 Å². The molecule has 0 aliphatic heterocycles. The molecule has 0 unspecified atom stereocenters. The third kappa shape index (κ3) is 3.54. The summed E-state index contributed by atoms with van der Waals surface area (Å²) in [6, 6.07) is -1.68. The number of carbonyl (C=O) groups is 2. The van der Waals surface area contributed by atoms with Crippen molar-refractivity contribution in [2.24, 2.45) is 11.7 Å². The Balaban J connectivity index is 4.12. The Bertz CT molecular complexity index is 169. The van der Waals surface area contributed by atoms with E-state index in [1.807, 2.05) is 0 Å². The van der Waals surface area contributed by atoms with Crippen LogP contribution in [0.1, 0.15) is 13.8 Å². The molecular weight excluding hydrogens is 153 g/mol. The van der Waals surface area contributed by atoms with Gasteiger partial charge < -0.3 is 10.5 Å². The average molecular weight is 163 g/mol. The third-order valence-corrected chi connectivity index (χ3v) is 1.07. The van der Waals surface area contributed by atoms with E-state index < -0.39 is 24.2 Å². The zero-order chi connectivity index (χ0) is 9.02. The molecule has 5 heteroatoms. The van der Waals surface area contributed by atoms with Gasteiger partial charge >= 0.3 is 12.1 Å². The van der Waals surface area contributed by atoms with Crippen LogP contribution in [0.3, 0.4) is 0 Å².